The van der Waals surface area contributed by atoms with Crippen molar-refractivity contribution in [3.05, 3.63) is 29.8 Å². The second kappa shape index (κ2) is 7.44. The molecule has 0 aliphatic heterocycles. The average molecular weight is 288 g/mol. The molecular formula is C17H24N2O2. The minimum absolute atomic E-state index is 0.0951. The van der Waals surface area contributed by atoms with Crippen molar-refractivity contribution in [2.45, 2.75) is 50.7 Å². The van der Waals surface area contributed by atoms with Crippen molar-refractivity contribution in [2.24, 2.45) is 0 Å². The Morgan fingerprint density at radius 3 is 2.81 bits per heavy atom. The third-order valence-corrected chi connectivity index (χ3v) is 4.02. The lowest BCUT2D eigenvalue weighted by Gasteiger charge is -2.22. The zero-order valence-electron chi connectivity index (χ0n) is 12.6. The number of aliphatic hydroxyl groups is 1. The van der Waals surface area contributed by atoms with Crippen LogP contribution < -0.4 is 10.1 Å². The number of nitriles is 1. The molecule has 1 saturated carbocycles. The zero-order chi connectivity index (χ0) is 15.1. The van der Waals surface area contributed by atoms with Crippen molar-refractivity contribution in [3.63, 3.8) is 0 Å². The van der Waals surface area contributed by atoms with Crippen LogP contribution in [0.4, 0.5) is 0 Å². The molecule has 4 heteroatoms. The second-order valence-electron chi connectivity index (χ2n) is 5.72. The molecule has 0 spiro atoms. The van der Waals surface area contributed by atoms with Gasteiger partial charge in [-0.2, -0.15) is 5.26 Å². The molecule has 1 aliphatic carbocycles. The van der Waals surface area contributed by atoms with E-state index in [-0.39, 0.29) is 12.7 Å². The topological polar surface area (TPSA) is 65.3 Å². The van der Waals surface area contributed by atoms with E-state index >= 15 is 0 Å². The van der Waals surface area contributed by atoms with E-state index in [1.165, 1.54) is 0 Å². The number of hydrogen-bond acceptors (Lipinski definition) is 4. The molecule has 0 amide bonds. The lowest BCUT2D eigenvalue weighted by Crippen LogP contribution is -2.42. The molecule has 2 unspecified atom stereocenters. The van der Waals surface area contributed by atoms with Crippen molar-refractivity contribution in [1.29, 1.82) is 5.26 Å². The van der Waals surface area contributed by atoms with Gasteiger partial charge < -0.3 is 9.84 Å². The van der Waals surface area contributed by atoms with Crippen LogP contribution in [-0.4, -0.2) is 29.9 Å². The Labute approximate surface area is 126 Å². The summed E-state index contributed by atoms with van der Waals surface area (Å²) in [4.78, 5) is 0. The molecule has 1 aromatic rings. The Balaban J connectivity index is 1.91. The average Bonchev–Trinajstić information content (AvgIpc) is 2.91. The summed E-state index contributed by atoms with van der Waals surface area (Å²) in [5.41, 5.74) is 0.685. The van der Waals surface area contributed by atoms with Gasteiger partial charge in [-0.1, -0.05) is 19.1 Å². The van der Waals surface area contributed by atoms with Crippen LogP contribution in [-0.2, 0) is 6.42 Å². The van der Waals surface area contributed by atoms with E-state index in [9.17, 15) is 5.26 Å². The summed E-state index contributed by atoms with van der Waals surface area (Å²) in [5.74, 6) is 0.839. The minimum Gasteiger partial charge on any atom is -0.490 e. The molecule has 2 N–H and O–H groups in total. The molecule has 1 fully saturated rings. The fourth-order valence-corrected chi connectivity index (χ4v) is 2.82. The highest BCUT2D eigenvalue weighted by Crippen LogP contribution is 2.32. The first-order chi connectivity index (χ1) is 10.2. The lowest BCUT2D eigenvalue weighted by atomic mass is 9.99. The van der Waals surface area contributed by atoms with E-state index < -0.39 is 5.54 Å². The first kappa shape index (κ1) is 15.8. The molecule has 114 valence electrons. The van der Waals surface area contributed by atoms with Crippen LogP contribution in [0.25, 0.3) is 0 Å². The number of ether oxygens (including phenoxy) is 1. The molecule has 1 aromatic carbocycles. The lowest BCUT2D eigenvalue weighted by molar-refractivity contribution is 0.201. The number of nitrogens with zero attached hydrogens (tertiary/aromatic N) is 1. The van der Waals surface area contributed by atoms with E-state index in [1.54, 1.807) is 0 Å². The quantitative estimate of drug-likeness (QED) is 0.808. The van der Waals surface area contributed by atoms with Gasteiger partial charge in [0.25, 0.3) is 0 Å². The molecule has 1 aliphatic rings. The highest BCUT2D eigenvalue weighted by molar-refractivity contribution is 5.28. The second-order valence-corrected chi connectivity index (χ2v) is 5.72. The molecule has 21 heavy (non-hydrogen) atoms. The minimum atomic E-state index is -0.419. The van der Waals surface area contributed by atoms with Gasteiger partial charge in [-0.15, -0.1) is 0 Å². The van der Waals surface area contributed by atoms with E-state index in [0.29, 0.717) is 6.42 Å². The van der Waals surface area contributed by atoms with Crippen molar-refractivity contribution in [3.8, 4) is 11.8 Å². The largest absolute Gasteiger partial charge is 0.490 e. The number of aliphatic hydroxyl groups excluding tert-OH is 1. The van der Waals surface area contributed by atoms with Gasteiger partial charge in [-0.25, -0.2) is 0 Å². The standard InChI is InChI=1S/C17H24N2O2/c1-2-10-19-17(13-18)9-7-16(12-17)21-15-5-3-14(4-6-15)8-11-20/h3-6,16,19-20H,2,7-12H2,1H3. The molecule has 0 bridgehead atoms. The Morgan fingerprint density at radius 2 is 2.19 bits per heavy atom. The molecule has 0 saturated heterocycles. The number of nitrogens with one attached hydrogen (secondary N) is 1. The highest BCUT2D eigenvalue weighted by atomic mass is 16.5. The van der Waals surface area contributed by atoms with E-state index in [2.05, 4.69) is 18.3 Å². The van der Waals surface area contributed by atoms with Gasteiger partial charge in [-0.05, 0) is 49.9 Å². The van der Waals surface area contributed by atoms with Gasteiger partial charge in [0.1, 0.15) is 17.4 Å². The summed E-state index contributed by atoms with van der Waals surface area (Å²) in [5, 5.41) is 21.7. The van der Waals surface area contributed by atoms with Crippen molar-refractivity contribution >= 4 is 0 Å². The van der Waals surface area contributed by atoms with Crippen LogP contribution in [0.3, 0.4) is 0 Å². The van der Waals surface area contributed by atoms with Gasteiger partial charge in [0.15, 0.2) is 0 Å². The molecule has 0 radical (unpaired) electrons. The SMILES string of the molecule is CCCNC1(C#N)CCC(Oc2ccc(CCO)cc2)C1. The van der Waals surface area contributed by atoms with Crippen LogP contribution in [0.1, 0.15) is 38.2 Å². The smallest absolute Gasteiger partial charge is 0.119 e. The van der Waals surface area contributed by atoms with Crippen LogP contribution in [0.15, 0.2) is 24.3 Å². The van der Waals surface area contributed by atoms with Gasteiger partial charge >= 0.3 is 0 Å². The fraction of sp³-hybridized carbons (Fsp3) is 0.588. The first-order valence-electron chi connectivity index (χ1n) is 7.74. The maximum absolute atomic E-state index is 9.43. The van der Waals surface area contributed by atoms with Crippen LogP contribution in [0, 0.1) is 11.3 Å². The van der Waals surface area contributed by atoms with Crippen molar-refractivity contribution < 1.29 is 9.84 Å². The maximum atomic E-state index is 9.43. The maximum Gasteiger partial charge on any atom is 0.119 e. The Hall–Kier alpha value is -1.57. The first-order valence-corrected chi connectivity index (χ1v) is 7.74. The molecule has 2 atom stereocenters. The van der Waals surface area contributed by atoms with E-state index in [1.807, 2.05) is 24.3 Å². The number of hydrogen-bond donors (Lipinski definition) is 2. The van der Waals surface area contributed by atoms with E-state index in [4.69, 9.17) is 9.84 Å². The predicted molar refractivity (Wildman–Crippen MR) is 82.1 cm³/mol. The Kier molecular flexibility index (Phi) is 5.60. The third-order valence-electron chi connectivity index (χ3n) is 4.02. The van der Waals surface area contributed by atoms with Crippen LogP contribution in [0.2, 0.25) is 0 Å². The summed E-state index contributed by atoms with van der Waals surface area (Å²) in [7, 11) is 0. The summed E-state index contributed by atoms with van der Waals surface area (Å²) in [6.45, 7) is 3.14. The third kappa shape index (κ3) is 4.20. The summed E-state index contributed by atoms with van der Waals surface area (Å²) < 4.78 is 5.99. The normalized spacial score (nSPS) is 24.7. The van der Waals surface area contributed by atoms with Crippen molar-refractivity contribution in [2.75, 3.05) is 13.2 Å². The van der Waals surface area contributed by atoms with Crippen LogP contribution >= 0.6 is 0 Å². The highest BCUT2D eigenvalue weighted by Gasteiger charge is 2.40. The van der Waals surface area contributed by atoms with Crippen molar-refractivity contribution in [1.82, 2.24) is 5.32 Å². The fourth-order valence-electron chi connectivity index (χ4n) is 2.82. The van der Waals surface area contributed by atoms with Crippen LogP contribution in [0.5, 0.6) is 5.75 Å². The summed E-state index contributed by atoms with van der Waals surface area (Å²) in [6.07, 6.45) is 4.28. The van der Waals surface area contributed by atoms with E-state index in [0.717, 1.165) is 43.5 Å². The van der Waals surface area contributed by atoms with Gasteiger partial charge in [0.05, 0.1) is 6.07 Å². The molecule has 0 aromatic heterocycles. The van der Waals surface area contributed by atoms with Gasteiger partial charge in [-0.3, -0.25) is 5.32 Å². The Morgan fingerprint density at radius 1 is 1.43 bits per heavy atom. The monoisotopic (exact) mass is 288 g/mol. The van der Waals surface area contributed by atoms with Gasteiger partial charge in [0, 0.05) is 13.0 Å². The van der Waals surface area contributed by atoms with Gasteiger partial charge in [0.2, 0.25) is 0 Å². The molecule has 2 rings (SSSR count). The summed E-state index contributed by atoms with van der Waals surface area (Å²) in [6, 6.07) is 10.3. The summed E-state index contributed by atoms with van der Waals surface area (Å²) >= 11 is 0. The number of rotatable bonds is 7. The predicted octanol–water partition coefficient (Wildman–Crippen LogP) is 2.41. The molecule has 0 heterocycles. The zero-order valence-corrected chi connectivity index (χ0v) is 12.6. The molecular weight excluding hydrogens is 264 g/mol. The molecule has 4 nitrogen and oxygen atoms in total. The number of benzene rings is 1. The Bertz CT molecular complexity index is 481.